The predicted octanol–water partition coefficient (Wildman–Crippen LogP) is 1.08. The van der Waals surface area contributed by atoms with Crippen molar-refractivity contribution < 1.29 is 34.4 Å². The molecule has 0 radical (unpaired) electrons. The fourth-order valence-corrected chi connectivity index (χ4v) is 3.67. The Morgan fingerprint density at radius 1 is 1.39 bits per heavy atom. The normalized spacial score (nSPS) is 35.4. The van der Waals surface area contributed by atoms with E-state index in [-0.39, 0.29) is 12.0 Å². The van der Waals surface area contributed by atoms with Crippen molar-refractivity contribution in [3.63, 3.8) is 0 Å². The zero-order valence-corrected chi connectivity index (χ0v) is 17.2. The van der Waals surface area contributed by atoms with Gasteiger partial charge in [-0.3, -0.25) is 0 Å². The first kappa shape index (κ1) is 22.7. The lowest BCUT2D eigenvalue weighted by Gasteiger charge is -2.32. The molecule has 0 spiro atoms. The average molecular weight is 413 g/mol. The highest BCUT2D eigenvalue weighted by molar-refractivity contribution is 7.81. The van der Waals surface area contributed by atoms with E-state index in [1.165, 1.54) is 6.92 Å². The van der Waals surface area contributed by atoms with Gasteiger partial charge in [-0.15, -0.1) is 0 Å². The molecule has 1 saturated heterocycles. The number of hydrogen-bond donors (Lipinski definition) is 4. The number of hydrogen-bond acceptors (Lipinski definition) is 8. The topological polar surface area (TPSA) is 113 Å². The maximum absolute atomic E-state index is 12.6. The summed E-state index contributed by atoms with van der Waals surface area (Å²) in [6, 6.07) is 0. The number of carbonyl (C=O) groups excluding carboxylic acids is 2. The van der Waals surface area contributed by atoms with Gasteiger partial charge in [0.15, 0.2) is 5.60 Å². The van der Waals surface area contributed by atoms with Gasteiger partial charge >= 0.3 is 11.9 Å². The molecule has 1 aliphatic heterocycles. The highest BCUT2D eigenvalue weighted by Crippen LogP contribution is 2.37. The molecule has 1 aliphatic carbocycles. The molecule has 0 aromatic rings. The van der Waals surface area contributed by atoms with Crippen LogP contribution in [0, 0.1) is 5.92 Å². The molecule has 7 nitrogen and oxygen atoms in total. The van der Waals surface area contributed by atoms with Crippen molar-refractivity contribution in [3.05, 3.63) is 35.5 Å². The van der Waals surface area contributed by atoms with Gasteiger partial charge in [-0.25, -0.2) is 9.59 Å². The van der Waals surface area contributed by atoms with Crippen molar-refractivity contribution in [1.82, 2.24) is 0 Å². The standard InChI is InChI=1S/C20H28O7S/c1-10-5-14(22)6-11(2)8-16(17-12(3)18(23)26-15(17)7-10)27-19(24)20(25,9-21)13(4)28/h6-7,13-17,21-22,25,28H,3,5,8-9H2,1-2,4H3/b10-7+,11-6-/t13-,14-,15+,16+,17-,20+/m0/s1. The number of fused-ring (bicyclic) bond motifs is 1. The van der Waals surface area contributed by atoms with Crippen LogP contribution in [0.5, 0.6) is 0 Å². The van der Waals surface area contributed by atoms with Crippen LogP contribution in [0.4, 0.5) is 0 Å². The SMILES string of the molecule is C=C1C(=O)O[C@@H]2/C=C(\C)C[C@H](O)/C=C(/C)C[C@@H](OC(=O)[C@@](O)(CO)[C@H](C)S)[C@@H]12. The third-order valence-corrected chi connectivity index (χ3v) is 5.61. The van der Waals surface area contributed by atoms with Crippen molar-refractivity contribution in [2.45, 2.75) is 62.8 Å². The smallest absolute Gasteiger partial charge is 0.342 e. The molecule has 8 heteroatoms. The van der Waals surface area contributed by atoms with Gasteiger partial charge in [-0.1, -0.05) is 30.7 Å². The molecule has 2 rings (SSSR count). The molecule has 0 unspecified atom stereocenters. The number of ether oxygens (including phenoxy) is 2. The minimum Gasteiger partial charge on any atom is -0.459 e. The van der Waals surface area contributed by atoms with Crippen LogP contribution in [0.2, 0.25) is 0 Å². The van der Waals surface area contributed by atoms with Crippen LogP contribution in [-0.2, 0) is 19.1 Å². The summed E-state index contributed by atoms with van der Waals surface area (Å²) >= 11 is 4.07. The number of aliphatic hydroxyl groups excluding tert-OH is 2. The van der Waals surface area contributed by atoms with E-state index < -0.39 is 53.6 Å². The molecule has 2 aliphatic rings. The van der Waals surface area contributed by atoms with Gasteiger partial charge in [-0.05, 0) is 26.3 Å². The van der Waals surface area contributed by atoms with Crippen LogP contribution in [-0.4, -0.2) is 63.0 Å². The molecule has 0 amide bonds. The Morgan fingerprint density at radius 3 is 2.57 bits per heavy atom. The fraction of sp³-hybridized carbons (Fsp3) is 0.600. The number of rotatable bonds is 4. The molecule has 0 aromatic carbocycles. The molecule has 0 aromatic heterocycles. The highest BCUT2D eigenvalue weighted by Gasteiger charge is 2.48. The molecule has 6 atom stereocenters. The molecule has 156 valence electrons. The van der Waals surface area contributed by atoms with Gasteiger partial charge < -0.3 is 24.8 Å². The largest absolute Gasteiger partial charge is 0.459 e. The van der Waals surface area contributed by atoms with E-state index in [4.69, 9.17) is 9.47 Å². The summed E-state index contributed by atoms with van der Waals surface area (Å²) in [7, 11) is 0. The summed E-state index contributed by atoms with van der Waals surface area (Å²) in [5, 5.41) is 29.2. The summed E-state index contributed by atoms with van der Waals surface area (Å²) in [5.74, 6) is -2.27. The van der Waals surface area contributed by atoms with E-state index in [1.807, 2.05) is 6.92 Å². The lowest BCUT2D eigenvalue weighted by Crippen LogP contribution is -2.52. The Balaban J connectivity index is 2.43. The number of esters is 2. The second-order valence-corrected chi connectivity index (χ2v) is 8.40. The second-order valence-electron chi connectivity index (χ2n) is 7.62. The van der Waals surface area contributed by atoms with E-state index in [0.29, 0.717) is 6.42 Å². The lowest BCUT2D eigenvalue weighted by molar-refractivity contribution is -0.177. The Morgan fingerprint density at radius 2 is 2.00 bits per heavy atom. The molecule has 1 fully saturated rings. The molecular formula is C20H28O7S. The summed E-state index contributed by atoms with van der Waals surface area (Å²) in [6.45, 7) is 7.99. The van der Waals surface area contributed by atoms with E-state index in [1.54, 1.807) is 19.1 Å². The average Bonchev–Trinajstić information content (AvgIpc) is 2.85. The lowest BCUT2D eigenvalue weighted by atomic mass is 9.85. The van der Waals surface area contributed by atoms with Crippen molar-refractivity contribution in [1.29, 1.82) is 0 Å². The Labute approximate surface area is 170 Å². The Kier molecular flexibility index (Phi) is 7.14. The van der Waals surface area contributed by atoms with Crippen molar-refractivity contribution in [2.75, 3.05) is 6.61 Å². The highest BCUT2D eigenvalue weighted by atomic mass is 32.1. The number of carbonyl (C=O) groups is 2. The summed E-state index contributed by atoms with van der Waals surface area (Å²) in [5.41, 5.74) is -0.455. The van der Waals surface area contributed by atoms with Gasteiger partial charge in [0, 0.05) is 17.2 Å². The Bertz CT molecular complexity index is 711. The van der Waals surface area contributed by atoms with Crippen LogP contribution >= 0.6 is 12.6 Å². The summed E-state index contributed by atoms with van der Waals surface area (Å²) in [4.78, 5) is 24.8. The van der Waals surface area contributed by atoms with Gasteiger partial charge in [-0.2, -0.15) is 12.6 Å². The van der Waals surface area contributed by atoms with Crippen LogP contribution in [0.25, 0.3) is 0 Å². The molecule has 28 heavy (non-hydrogen) atoms. The van der Waals surface area contributed by atoms with Crippen LogP contribution in [0.1, 0.15) is 33.6 Å². The molecular weight excluding hydrogens is 384 g/mol. The van der Waals surface area contributed by atoms with Crippen LogP contribution in [0.15, 0.2) is 35.5 Å². The Hall–Kier alpha value is -1.61. The predicted molar refractivity (Wildman–Crippen MR) is 106 cm³/mol. The van der Waals surface area contributed by atoms with E-state index >= 15 is 0 Å². The van der Waals surface area contributed by atoms with Gasteiger partial charge in [0.05, 0.1) is 18.6 Å². The minimum absolute atomic E-state index is 0.173. The zero-order valence-electron chi connectivity index (χ0n) is 16.3. The molecule has 0 saturated carbocycles. The maximum atomic E-state index is 12.6. The first-order valence-corrected chi connectivity index (χ1v) is 9.66. The quantitative estimate of drug-likeness (QED) is 0.237. The first-order chi connectivity index (χ1) is 13.0. The number of aliphatic hydroxyl groups is 3. The third-order valence-electron chi connectivity index (χ3n) is 5.19. The van der Waals surface area contributed by atoms with Crippen molar-refractivity contribution in [2.24, 2.45) is 5.92 Å². The van der Waals surface area contributed by atoms with E-state index in [0.717, 1.165) is 11.1 Å². The zero-order chi connectivity index (χ0) is 21.2. The first-order valence-electron chi connectivity index (χ1n) is 9.14. The van der Waals surface area contributed by atoms with Crippen molar-refractivity contribution >= 4 is 24.6 Å². The van der Waals surface area contributed by atoms with Crippen molar-refractivity contribution in [3.8, 4) is 0 Å². The summed E-state index contributed by atoms with van der Waals surface area (Å²) in [6.07, 6.45) is 1.66. The third kappa shape index (κ3) is 4.68. The maximum Gasteiger partial charge on any atom is 0.342 e. The van der Waals surface area contributed by atoms with Crippen LogP contribution in [0.3, 0.4) is 0 Å². The molecule has 1 heterocycles. The van der Waals surface area contributed by atoms with Gasteiger partial charge in [0.2, 0.25) is 0 Å². The van der Waals surface area contributed by atoms with Gasteiger partial charge in [0.25, 0.3) is 0 Å². The van der Waals surface area contributed by atoms with E-state index in [2.05, 4.69) is 19.2 Å². The van der Waals surface area contributed by atoms with Crippen LogP contribution < -0.4 is 0 Å². The van der Waals surface area contributed by atoms with E-state index in [9.17, 15) is 24.9 Å². The monoisotopic (exact) mass is 412 g/mol. The molecule has 3 N–H and O–H groups in total. The fourth-order valence-electron chi connectivity index (χ4n) is 3.48. The minimum atomic E-state index is -2.19. The second kappa shape index (κ2) is 8.82. The van der Waals surface area contributed by atoms with Gasteiger partial charge in [0.1, 0.15) is 12.2 Å². The summed E-state index contributed by atoms with van der Waals surface area (Å²) < 4.78 is 11.0. The number of thiol groups is 1. The molecule has 0 bridgehead atoms.